The molecule has 0 bridgehead atoms. The molecule has 0 saturated carbocycles. The predicted molar refractivity (Wildman–Crippen MR) is 68.9 cm³/mol. The molecule has 18 heavy (non-hydrogen) atoms. The van der Waals surface area contributed by atoms with E-state index in [1.54, 1.807) is 12.4 Å². The quantitative estimate of drug-likeness (QED) is 0.900. The van der Waals surface area contributed by atoms with Gasteiger partial charge in [-0.3, -0.25) is 4.98 Å². The van der Waals surface area contributed by atoms with E-state index in [4.69, 9.17) is 0 Å². The topological polar surface area (TPSA) is 51.2 Å². The lowest BCUT2D eigenvalue weighted by Crippen LogP contribution is -2.22. The minimum absolute atomic E-state index is 0.427. The van der Waals surface area contributed by atoms with E-state index in [9.17, 15) is 4.79 Å². The Labute approximate surface area is 106 Å². The number of alkyl carbamates (subject to hydrolysis) is 1. The van der Waals surface area contributed by atoms with Crippen molar-refractivity contribution in [2.75, 3.05) is 7.11 Å². The van der Waals surface area contributed by atoms with E-state index in [1.807, 2.05) is 36.4 Å². The van der Waals surface area contributed by atoms with Gasteiger partial charge in [-0.1, -0.05) is 18.2 Å². The van der Waals surface area contributed by atoms with Crippen LogP contribution in [0.25, 0.3) is 11.1 Å². The minimum Gasteiger partial charge on any atom is -0.453 e. The highest BCUT2D eigenvalue weighted by Gasteiger charge is 2.01. The molecule has 0 aliphatic carbocycles. The Bertz CT molecular complexity index is 526. The first-order valence-corrected chi connectivity index (χ1v) is 5.61. The normalized spacial score (nSPS) is 9.83. The first-order valence-electron chi connectivity index (χ1n) is 5.61. The Hall–Kier alpha value is -2.36. The minimum atomic E-state index is -0.427. The van der Waals surface area contributed by atoms with E-state index in [0.717, 1.165) is 16.7 Å². The van der Waals surface area contributed by atoms with Gasteiger partial charge in [0.1, 0.15) is 0 Å². The van der Waals surface area contributed by atoms with Crippen molar-refractivity contribution in [1.29, 1.82) is 0 Å². The average Bonchev–Trinajstić information content (AvgIpc) is 2.46. The Balaban J connectivity index is 2.13. The molecule has 1 aromatic carbocycles. The van der Waals surface area contributed by atoms with E-state index in [-0.39, 0.29) is 0 Å². The van der Waals surface area contributed by atoms with Crippen molar-refractivity contribution in [2.24, 2.45) is 0 Å². The third kappa shape index (κ3) is 3.07. The van der Waals surface area contributed by atoms with Crippen molar-refractivity contribution < 1.29 is 9.53 Å². The van der Waals surface area contributed by atoms with Crippen LogP contribution in [0.4, 0.5) is 4.79 Å². The number of amides is 1. The van der Waals surface area contributed by atoms with Crippen LogP contribution in [0.5, 0.6) is 0 Å². The first kappa shape index (κ1) is 12.1. The zero-order chi connectivity index (χ0) is 12.8. The third-order valence-electron chi connectivity index (χ3n) is 2.56. The number of benzene rings is 1. The molecule has 0 fully saturated rings. The van der Waals surface area contributed by atoms with Crippen LogP contribution in [0.2, 0.25) is 0 Å². The Morgan fingerprint density at radius 3 is 2.72 bits per heavy atom. The molecule has 4 nitrogen and oxygen atoms in total. The third-order valence-corrected chi connectivity index (χ3v) is 2.56. The van der Waals surface area contributed by atoms with Crippen molar-refractivity contribution in [3.8, 4) is 11.1 Å². The number of ether oxygens (including phenoxy) is 1. The van der Waals surface area contributed by atoms with Crippen LogP contribution >= 0.6 is 0 Å². The molecule has 4 heteroatoms. The number of carbonyl (C=O) groups is 1. The van der Waals surface area contributed by atoms with Crippen LogP contribution in [0, 0.1) is 0 Å². The molecule has 1 aromatic heterocycles. The average molecular weight is 242 g/mol. The molecular formula is C14H14N2O2. The smallest absolute Gasteiger partial charge is 0.407 e. The maximum absolute atomic E-state index is 11.0. The molecule has 2 rings (SSSR count). The molecule has 1 N–H and O–H groups in total. The van der Waals surface area contributed by atoms with Gasteiger partial charge in [0.05, 0.1) is 7.11 Å². The molecule has 1 amide bonds. The standard InChI is InChI=1S/C14H14N2O2/c1-18-14(17)16-10-11-3-2-4-13(9-11)12-5-7-15-8-6-12/h2-9H,10H2,1H3,(H,16,17). The van der Waals surface area contributed by atoms with Crippen molar-refractivity contribution in [3.05, 3.63) is 54.4 Å². The Morgan fingerprint density at radius 1 is 1.22 bits per heavy atom. The molecule has 0 spiro atoms. The second kappa shape index (κ2) is 5.82. The van der Waals surface area contributed by atoms with Gasteiger partial charge in [-0.2, -0.15) is 0 Å². The number of hydrogen-bond donors (Lipinski definition) is 1. The summed E-state index contributed by atoms with van der Waals surface area (Å²) in [5.41, 5.74) is 3.22. The fraction of sp³-hybridized carbons (Fsp3) is 0.143. The molecule has 0 saturated heterocycles. The van der Waals surface area contributed by atoms with E-state index >= 15 is 0 Å². The summed E-state index contributed by atoms with van der Waals surface area (Å²) in [4.78, 5) is 15.0. The first-order chi connectivity index (χ1) is 8.79. The largest absolute Gasteiger partial charge is 0.453 e. The summed E-state index contributed by atoms with van der Waals surface area (Å²) >= 11 is 0. The Morgan fingerprint density at radius 2 is 2.00 bits per heavy atom. The maximum Gasteiger partial charge on any atom is 0.407 e. The highest BCUT2D eigenvalue weighted by Crippen LogP contribution is 2.19. The van der Waals surface area contributed by atoms with Crippen LogP contribution in [0.1, 0.15) is 5.56 Å². The van der Waals surface area contributed by atoms with Crippen LogP contribution in [0.15, 0.2) is 48.8 Å². The van der Waals surface area contributed by atoms with Crippen LogP contribution in [0.3, 0.4) is 0 Å². The van der Waals surface area contributed by atoms with Gasteiger partial charge in [0.25, 0.3) is 0 Å². The number of carbonyl (C=O) groups excluding carboxylic acids is 1. The van der Waals surface area contributed by atoms with Gasteiger partial charge in [-0.15, -0.1) is 0 Å². The monoisotopic (exact) mass is 242 g/mol. The number of methoxy groups -OCH3 is 1. The molecule has 2 aromatic rings. The van der Waals surface area contributed by atoms with Crippen LogP contribution in [-0.4, -0.2) is 18.2 Å². The van der Waals surface area contributed by atoms with Gasteiger partial charge in [0, 0.05) is 18.9 Å². The molecule has 0 aliphatic heterocycles. The molecule has 0 radical (unpaired) electrons. The maximum atomic E-state index is 11.0. The van der Waals surface area contributed by atoms with E-state index in [1.165, 1.54) is 7.11 Å². The molecule has 0 unspecified atom stereocenters. The lowest BCUT2D eigenvalue weighted by molar-refractivity contribution is 0.170. The van der Waals surface area contributed by atoms with Gasteiger partial charge in [0.2, 0.25) is 0 Å². The number of rotatable bonds is 3. The summed E-state index contributed by atoms with van der Waals surface area (Å²) in [5.74, 6) is 0. The fourth-order valence-electron chi connectivity index (χ4n) is 1.65. The van der Waals surface area contributed by atoms with Crippen LogP contribution in [-0.2, 0) is 11.3 Å². The second-order valence-electron chi connectivity index (χ2n) is 3.78. The highest BCUT2D eigenvalue weighted by atomic mass is 16.5. The number of pyridine rings is 1. The lowest BCUT2D eigenvalue weighted by atomic mass is 10.0. The van der Waals surface area contributed by atoms with E-state index in [2.05, 4.69) is 15.0 Å². The summed E-state index contributed by atoms with van der Waals surface area (Å²) < 4.78 is 4.53. The van der Waals surface area contributed by atoms with E-state index in [0.29, 0.717) is 6.54 Å². The zero-order valence-electron chi connectivity index (χ0n) is 10.1. The van der Waals surface area contributed by atoms with Crippen molar-refractivity contribution in [2.45, 2.75) is 6.54 Å². The van der Waals surface area contributed by atoms with Gasteiger partial charge in [-0.25, -0.2) is 4.79 Å². The van der Waals surface area contributed by atoms with Crippen molar-refractivity contribution >= 4 is 6.09 Å². The lowest BCUT2D eigenvalue weighted by Gasteiger charge is -2.06. The zero-order valence-corrected chi connectivity index (χ0v) is 10.1. The van der Waals surface area contributed by atoms with Crippen LogP contribution < -0.4 is 5.32 Å². The summed E-state index contributed by atoms with van der Waals surface area (Å²) in [5, 5.41) is 2.65. The molecule has 0 aliphatic rings. The number of nitrogens with one attached hydrogen (secondary N) is 1. The van der Waals surface area contributed by atoms with E-state index < -0.39 is 6.09 Å². The van der Waals surface area contributed by atoms with Gasteiger partial charge >= 0.3 is 6.09 Å². The molecule has 1 heterocycles. The summed E-state index contributed by atoms with van der Waals surface area (Å²) in [6.07, 6.45) is 3.09. The number of aromatic nitrogens is 1. The predicted octanol–water partition coefficient (Wildman–Crippen LogP) is 2.60. The van der Waals surface area contributed by atoms with Crippen molar-refractivity contribution in [3.63, 3.8) is 0 Å². The van der Waals surface area contributed by atoms with Gasteiger partial charge in [0.15, 0.2) is 0 Å². The molecular weight excluding hydrogens is 228 g/mol. The molecule has 0 atom stereocenters. The van der Waals surface area contributed by atoms with Crippen molar-refractivity contribution in [1.82, 2.24) is 10.3 Å². The SMILES string of the molecule is COC(=O)NCc1cccc(-c2ccncc2)c1. The molecule has 92 valence electrons. The summed E-state index contributed by atoms with van der Waals surface area (Å²) in [6, 6.07) is 11.9. The van der Waals surface area contributed by atoms with Gasteiger partial charge in [-0.05, 0) is 34.9 Å². The highest BCUT2D eigenvalue weighted by molar-refractivity contribution is 5.67. The van der Waals surface area contributed by atoms with Gasteiger partial charge < -0.3 is 10.1 Å². The number of hydrogen-bond acceptors (Lipinski definition) is 3. The second-order valence-corrected chi connectivity index (χ2v) is 3.78. The Kier molecular flexibility index (Phi) is 3.91. The fourth-order valence-corrected chi connectivity index (χ4v) is 1.65. The summed E-state index contributed by atoms with van der Waals surface area (Å²) in [6.45, 7) is 0.450. The summed E-state index contributed by atoms with van der Waals surface area (Å²) in [7, 11) is 1.35. The number of nitrogens with zero attached hydrogens (tertiary/aromatic N) is 1.